The lowest BCUT2D eigenvalue weighted by Crippen LogP contribution is -2.14. The van der Waals surface area contributed by atoms with Gasteiger partial charge in [0.05, 0.1) is 18.5 Å². The SMILES string of the molecule is O[C@H](CNc1cncc(Cl)n1)c1ccccc1F. The quantitative estimate of drug-likeness (QED) is 0.893. The molecule has 1 aromatic heterocycles. The van der Waals surface area contributed by atoms with Crippen molar-refractivity contribution in [2.45, 2.75) is 6.10 Å². The van der Waals surface area contributed by atoms with Crippen molar-refractivity contribution in [2.75, 3.05) is 11.9 Å². The molecule has 1 aromatic carbocycles. The third-order valence-electron chi connectivity index (χ3n) is 2.35. The Hall–Kier alpha value is -1.72. The molecular formula is C12H11ClFN3O. The molecule has 6 heteroatoms. The molecule has 4 nitrogen and oxygen atoms in total. The fraction of sp³-hybridized carbons (Fsp3) is 0.167. The van der Waals surface area contributed by atoms with Crippen LogP contribution in [0.25, 0.3) is 0 Å². The molecule has 1 heterocycles. The molecule has 0 amide bonds. The van der Waals surface area contributed by atoms with Crippen molar-refractivity contribution in [2.24, 2.45) is 0 Å². The first-order chi connectivity index (χ1) is 8.66. The van der Waals surface area contributed by atoms with Gasteiger partial charge in [0.2, 0.25) is 0 Å². The number of anilines is 1. The van der Waals surface area contributed by atoms with Crippen molar-refractivity contribution in [1.82, 2.24) is 9.97 Å². The summed E-state index contributed by atoms with van der Waals surface area (Å²) in [4.78, 5) is 7.79. The van der Waals surface area contributed by atoms with Gasteiger partial charge in [-0.3, -0.25) is 4.98 Å². The molecule has 2 aromatic rings. The summed E-state index contributed by atoms with van der Waals surface area (Å²) in [6.45, 7) is 0.121. The van der Waals surface area contributed by atoms with Crippen LogP contribution in [0, 0.1) is 5.82 Å². The van der Waals surface area contributed by atoms with Gasteiger partial charge in [0, 0.05) is 12.1 Å². The van der Waals surface area contributed by atoms with Gasteiger partial charge in [-0.25, -0.2) is 9.37 Å². The summed E-state index contributed by atoms with van der Waals surface area (Å²) in [6, 6.07) is 6.07. The Labute approximate surface area is 108 Å². The maximum absolute atomic E-state index is 13.4. The molecule has 2 rings (SSSR count). The van der Waals surface area contributed by atoms with Crippen LogP contribution < -0.4 is 5.32 Å². The molecule has 94 valence electrons. The molecule has 0 saturated heterocycles. The van der Waals surface area contributed by atoms with Crippen LogP contribution in [0.3, 0.4) is 0 Å². The largest absolute Gasteiger partial charge is 0.386 e. The molecule has 1 atom stereocenters. The van der Waals surface area contributed by atoms with Crippen LogP contribution in [0.15, 0.2) is 36.7 Å². The lowest BCUT2D eigenvalue weighted by molar-refractivity contribution is 0.186. The van der Waals surface area contributed by atoms with Crippen molar-refractivity contribution < 1.29 is 9.50 Å². The van der Waals surface area contributed by atoms with Crippen molar-refractivity contribution in [3.63, 3.8) is 0 Å². The van der Waals surface area contributed by atoms with Gasteiger partial charge in [-0.05, 0) is 6.07 Å². The summed E-state index contributed by atoms with van der Waals surface area (Å²) in [5.41, 5.74) is 0.236. The van der Waals surface area contributed by atoms with Crippen LogP contribution in [0.1, 0.15) is 11.7 Å². The first-order valence-corrected chi connectivity index (χ1v) is 5.68. The van der Waals surface area contributed by atoms with E-state index < -0.39 is 11.9 Å². The van der Waals surface area contributed by atoms with E-state index in [-0.39, 0.29) is 17.3 Å². The minimum Gasteiger partial charge on any atom is -0.386 e. The fourth-order valence-corrected chi connectivity index (χ4v) is 1.63. The van der Waals surface area contributed by atoms with Crippen molar-refractivity contribution in [1.29, 1.82) is 0 Å². The molecule has 18 heavy (non-hydrogen) atoms. The van der Waals surface area contributed by atoms with Gasteiger partial charge in [0.15, 0.2) is 0 Å². The first-order valence-electron chi connectivity index (χ1n) is 5.30. The minimum absolute atomic E-state index is 0.121. The number of nitrogens with zero attached hydrogens (tertiary/aromatic N) is 2. The average molecular weight is 268 g/mol. The van der Waals surface area contributed by atoms with E-state index in [1.54, 1.807) is 12.1 Å². The maximum Gasteiger partial charge on any atom is 0.149 e. The Balaban J connectivity index is 2.00. The van der Waals surface area contributed by atoms with Gasteiger partial charge in [0.1, 0.15) is 16.8 Å². The number of rotatable bonds is 4. The Morgan fingerprint density at radius 1 is 1.33 bits per heavy atom. The predicted molar refractivity (Wildman–Crippen MR) is 66.9 cm³/mol. The topological polar surface area (TPSA) is 58.0 Å². The van der Waals surface area contributed by atoms with E-state index in [1.165, 1.54) is 24.5 Å². The zero-order chi connectivity index (χ0) is 13.0. The van der Waals surface area contributed by atoms with E-state index in [1.807, 2.05) is 0 Å². The van der Waals surface area contributed by atoms with Crippen molar-refractivity contribution in [3.8, 4) is 0 Å². The van der Waals surface area contributed by atoms with Crippen molar-refractivity contribution >= 4 is 17.4 Å². The molecule has 0 spiro atoms. The summed E-state index contributed by atoms with van der Waals surface area (Å²) in [7, 11) is 0. The number of aromatic nitrogens is 2. The van der Waals surface area contributed by atoms with E-state index in [9.17, 15) is 9.50 Å². The molecule has 0 aliphatic rings. The van der Waals surface area contributed by atoms with Gasteiger partial charge in [-0.2, -0.15) is 0 Å². The van der Waals surface area contributed by atoms with Crippen molar-refractivity contribution in [3.05, 3.63) is 53.2 Å². The standard InChI is InChI=1S/C12H11ClFN3O/c13-11-6-15-7-12(17-11)16-5-10(18)8-3-1-2-4-9(8)14/h1-4,6-7,10,18H,5H2,(H,16,17)/t10-/m1/s1. The Morgan fingerprint density at radius 2 is 2.11 bits per heavy atom. The zero-order valence-corrected chi connectivity index (χ0v) is 10.1. The second kappa shape index (κ2) is 5.75. The predicted octanol–water partition coefficient (Wildman–Crippen LogP) is 2.41. The van der Waals surface area contributed by atoms with Crippen LogP contribution in [-0.4, -0.2) is 21.6 Å². The Bertz CT molecular complexity index is 538. The van der Waals surface area contributed by atoms with Crippen LogP contribution in [0.2, 0.25) is 5.15 Å². The van der Waals surface area contributed by atoms with Crippen LogP contribution >= 0.6 is 11.6 Å². The second-order valence-electron chi connectivity index (χ2n) is 3.65. The fourth-order valence-electron chi connectivity index (χ4n) is 1.48. The molecule has 2 N–H and O–H groups in total. The molecule has 0 radical (unpaired) electrons. The molecule has 0 unspecified atom stereocenters. The number of benzene rings is 1. The highest BCUT2D eigenvalue weighted by Gasteiger charge is 2.11. The third-order valence-corrected chi connectivity index (χ3v) is 2.53. The minimum atomic E-state index is -0.966. The Morgan fingerprint density at radius 3 is 2.83 bits per heavy atom. The summed E-state index contributed by atoms with van der Waals surface area (Å²) in [6.07, 6.45) is 1.91. The molecule has 0 saturated carbocycles. The normalized spacial score (nSPS) is 12.2. The summed E-state index contributed by atoms with van der Waals surface area (Å²) in [5, 5.41) is 12.9. The van der Waals surface area contributed by atoms with Gasteiger partial charge >= 0.3 is 0 Å². The average Bonchev–Trinajstić information content (AvgIpc) is 2.37. The van der Waals surface area contributed by atoms with E-state index in [2.05, 4.69) is 15.3 Å². The van der Waals surface area contributed by atoms with Crippen LogP contribution in [0.4, 0.5) is 10.2 Å². The smallest absolute Gasteiger partial charge is 0.149 e. The molecule has 0 bridgehead atoms. The summed E-state index contributed by atoms with van der Waals surface area (Å²) in [5.74, 6) is -0.0122. The first kappa shape index (κ1) is 12.7. The van der Waals surface area contributed by atoms with Crippen LogP contribution in [-0.2, 0) is 0 Å². The van der Waals surface area contributed by atoms with Gasteiger partial charge in [0.25, 0.3) is 0 Å². The van der Waals surface area contributed by atoms with E-state index in [0.717, 1.165) is 0 Å². The highest BCUT2D eigenvalue weighted by molar-refractivity contribution is 6.29. The number of aliphatic hydroxyl groups excluding tert-OH is 1. The number of nitrogens with one attached hydrogen (secondary N) is 1. The highest BCUT2D eigenvalue weighted by atomic mass is 35.5. The molecule has 0 aliphatic carbocycles. The Kier molecular flexibility index (Phi) is 4.07. The zero-order valence-electron chi connectivity index (χ0n) is 9.35. The number of hydrogen-bond acceptors (Lipinski definition) is 4. The maximum atomic E-state index is 13.4. The number of halogens is 2. The molecule has 0 aliphatic heterocycles. The van der Waals surface area contributed by atoms with Crippen LogP contribution in [0.5, 0.6) is 0 Å². The van der Waals surface area contributed by atoms with Gasteiger partial charge in [-0.1, -0.05) is 29.8 Å². The third kappa shape index (κ3) is 3.15. The van der Waals surface area contributed by atoms with E-state index in [0.29, 0.717) is 5.82 Å². The summed E-state index contributed by atoms with van der Waals surface area (Å²) >= 11 is 5.67. The molecule has 0 fully saturated rings. The number of aliphatic hydroxyl groups is 1. The van der Waals surface area contributed by atoms with E-state index in [4.69, 9.17) is 11.6 Å². The lowest BCUT2D eigenvalue weighted by Gasteiger charge is -2.13. The molecular weight excluding hydrogens is 257 g/mol. The lowest BCUT2D eigenvalue weighted by atomic mass is 10.1. The number of hydrogen-bond donors (Lipinski definition) is 2. The van der Waals surface area contributed by atoms with E-state index >= 15 is 0 Å². The summed E-state index contributed by atoms with van der Waals surface area (Å²) < 4.78 is 13.4. The second-order valence-corrected chi connectivity index (χ2v) is 4.03. The highest BCUT2D eigenvalue weighted by Crippen LogP contribution is 2.17. The van der Waals surface area contributed by atoms with Gasteiger partial charge < -0.3 is 10.4 Å². The monoisotopic (exact) mass is 267 g/mol. The van der Waals surface area contributed by atoms with Gasteiger partial charge in [-0.15, -0.1) is 0 Å².